The lowest BCUT2D eigenvalue weighted by Crippen LogP contribution is -2.68. The Bertz CT molecular complexity index is 1990. The lowest BCUT2D eigenvalue weighted by Gasteiger charge is -2.49. The van der Waals surface area contributed by atoms with Crippen LogP contribution in [0, 0.1) is 11.8 Å². The van der Waals surface area contributed by atoms with Gasteiger partial charge in [-0.2, -0.15) is 0 Å². The molecule has 0 radical (unpaired) electrons. The van der Waals surface area contributed by atoms with Crippen LogP contribution in [0.25, 0.3) is 0 Å². The summed E-state index contributed by atoms with van der Waals surface area (Å²) in [6.45, 7) is 11.0. The lowest BCUT2D eigenvalue weighted by molar-refractivity contribution is -0.349. The van der Waals surface area contributed by atoms with E-state index in [9.17, 15) is 9.59 Å². The fourth-order valence-corrected chi connectivity index (χ4v) is 7.01. The molecule has 0 bridgehead atoms. The fourth-order valence-electron chi connectivity index (χ4n) is 7.01. The second-order valence-corrected chi connectivity index (χ2v) is 16.1. The van der Waals surface area contributed by atoms with Crippen LogP contribution in [0.1, 0.15) is 63.8 Å². The average molecular weight is 806 g/mol. The zero-order chi connectivity index (χ0) is 41.9. The molecule has 2 aliphatic rings. The highest BCUT2D eigenvalue weighted by Gasteiger charge is 2.59. The Morgan fingerprint density at radius 2 is 1.19 bits per heavy atom. The van der Waals surface area contributed by atoms with Gasteiger partial charge in [-0.25, -0.2) is 4.79 Å². The monoisotopic (exact) mass is 805 g/mol. The molecule has 11 heteroatoms. The molecule has 0 N–H and O–H groups in total. The third kappa shape index (κ3) is 12.0. The van der Waals surface area contributed by atoms with Gasteiger partial charge < -0.3 is 37.9 Å². The van der Waals surface area contributed by atoms with Crippen LogP contribution in [0.3, 0.4) is 0 Å². The SMILES string of the molecule is CC(=O)O[C@]1(C#C[C@H]2COC(C)(C)N2C(=O)OC(C)(C)C)O[C@H](COCc2ccccc2)[C@@H](OCc2ccccc2)[C@H](OCc2ccccc2)[C@H]1OCc1ccccc1. The number of esters is 1. The molecule has 0 aromatic heterocycles. The summed E-state index contributed by atoms with van der Waals surface area (Å²) in [4.78, 5) is 28.4. The minimum absolute atomic E-state index is 0.0131. The first-order chi connectivity index (χ1) is 28.3. The van der Waals surface area contributed by atoms with E-state index in [1.54, 1.807) is 34.6 Å². The van der Waals surface area contributed by atoms with Crippen molar-refractivity contribution in [3.05, 3.63) is 144 Å². The van der Waals surface area contributed by atoms with Crippen LogP contribution >= 0.6 is 0 Å². The van der Waals surface area contributed by atoms with Gasteiger partial charge in [0.25, 0.3) is 0 Å². The van der Waals surface area contributed by atoms with Gasteiger partial charge in [0.05, 0.1) is 39.6 Å². The van der Waals surface area contributed by atoms with Crippen molar-refractivity contribution in [3.8, 4) is 11.8 Å². The number of hydrogen-bond donors (Lipinski definition) is 0. The van der Waals surface area contributed by atoms with E-state index in [-0.39, 0.29) is 39.6 Å². The summed E-state index contributed by atoms with van der Waals surface area (Å²) < 4.78 is 51.8. The van der Waals surface area contributed by atoms with E-state index in [1.807, 2.05) is 121 Å². The molecule has 4 aromatic rings. The number of ether oxygens (including phenoxy) is 8. The van der Waals surface area contributed by atoms with E-state index in [2.05, 4.69) is 11.8 Å². The summed E-state index contributed by atoms with van der Waals surface area (Å²) in [6, 6.07) is 38.1. The van der Waals surface area contributed by atoms with Crippen LogP contribution in [0.5, 0.6) is 0 Å². The van der Waals surface area contributed by atoms with Gasteiger partial charge in [0, 0.05) is 6.92 Å². The molecule has 312 valence electrons. The molecule has 0 spiro atoms. The highest BCUT2D eigenvalue weighted by Crippen LogP contribution is 2.39. The van der Waals surface area contributed by atoms with Crippen LogP contribution in [-0.2, 0) is 69.1 Å². The summed E-state index contributed by atoms with van der Waals surface area (Å²) in [5.41, 5.74) is 1.82. The maximum atomic E-state index is 13.7. The molecule has 2 fully saturated rings. The molecule has 59 heavy (non-hydrogen) atoms. The Morgan fingerprint density at radius 1 is 0.712 bits per heavy atom. The van der Waals surface area contributed by atoms with Crippen molar-refractivity contribution in [2.24, 2.45) is 0 Å². The highest BCUT2D eigenvalue weighted by atomic mass is 16.8. The minimum atomic E-state index is -2.08. The number of carbonyl (C=O) groups excluding carboxylic acids is 2. The molecule has 2 aliphatic heterocycles. The van der Waals surface area contributed by atoms with Crippen LogP contribution < -0.4 is 0 Å². The zero-order valence-electron chi connectivity index (χ0n) is 34.7. The van der Waals surface area contributed by atoms with Crippen molar-refractivity contribution >= 4 is 12.1 Å². The summed E-state index contributed by atoms with van der Waals surface area (Å²) in [5.74, 6) is 3.62. The Hall–Kier alpha value is -5.06. The van der Waals surface area contributed by atoms with Crippen molar-refractivity contribution < 1.29 is 47.5 Å². The van der Waals surface area contributed by atoms with Crippen molar-refractivity contribution in [1.29, 1.82) is 0 Å². The van der Waals surface area contributed by atoms with E-state index in [0.717, 1.165) is 22.3 Å². The third-order valence-corrected chi connectivity index (χ3v) is 9.71. The number of amides is 1. The predicted octanol–water partition coefficient (Wildman–Crippen LogP) is 7.99. The molecular weight excluding hydrogens is 751 g/mol. The lowest BCUT2D eigenvalue weighted by atomic mass is 9.91. The predicted molar refractivity (Wildman–Crippen MR) is 220 cm³/mol. The quantitative estimate of drug-likeness (QED) is 0.0919. The highest BCUT2D eigenvalue weighted by molar-refractivity contribution is 5.70. The van der Waals surface area contributed by atoms with E-state index < -0.39 is 59.6 Å². The molecule has 6 rings (SSSR count). The molecule has 2 heterocycles. The molecular formula is C48H55NO10. The summed E-state index contributed by atoms with van der Waals surface area (Å²) >= 11 is 0. The van der Waals surface area contributed by atoms with Gasteiger partial charge in [0.2, 0.25) is 0 Å². The van der Waals surface area contributed by atoms with Gasteiger partial charge >= 0.3 is 17.8 Å². The number of rotatable bonds is 14. The van der Waals surface area contributed by atoms with E-state index in [4.69, 9.17) is 37.9 Å². The number of carbonyl (C=O) groups is 2. The maximum Gasteiger partial charge on any atom is 0.413 e. The molecule has 1 amide bonds. The molecule has 4 aromatic carbocycles. The molecule has 11 nitrogen and oxygen atoms in total. The Morgan fingerprint density at radius 3 is 1.68 bits per heavy atom. The van der Waals surface area contributed by atoms with E-state index in [0.29, 0.717) is 0 Å². The first-order valence-electron chi connectivity index (χ1n) is 20.0. The van der Waals surface area contributed by atoms with E-state index in [1.165, 1.54) is 11.8 Å². The Labute approximate surface area is 347 Å². The van der Waals surface area contributed by atoms with Crippen molar-refractivity contribution in [1.82, 2.24) is 4.90 Å². The molecule has 0 saturated carbocycles. The average Bonchev–Trinajstić information content (AvgIpc) is 3.52. The second-order valence-electron chi connectivity index (χ2n) is 16.1. The van der Waals surface area contributed by atoms with Gasteiger partial charge in [-0.1, -0.05) is 127 Å². The van der Waals surface area contributed by atoms with Gasteiger partial charge in [-0.3, -0.25) is 9.69 Å². The van der Waals surface area contributed by atoms with Gasteiger partial charge in [-0.15, -0.1) is 0 Å². The maximum absolute atomic E-state index is 13.7. The van der Waals surface area contributed by atoms with Crippen LogP contribution in [0.2, 0.25) is 0 Å². The molecule has 0 unspecified atom stereocenters. The normalized spacial score (nSPS) is 23.8. The number of benzene rings is 4. The van der Waals surface area contributed by atoms with Gasteiger partial charge in [-0.05, 0) is 62.8 Å². The summed E-state index contributed by atoms with van der Waals surface area (Å²) in [7, 11) is 0. The Balaban J connectivity index is 1.46. The third-order valence-electron chi connectivity index (χ3n) is 9.71. The van der Waals surface area contributed by atoms with Crippen molar-refractivity contribution in [2.75, 3.05) is 13.2 Å². The number of nitrogens with zero attached hydrogens (tertiary/aromatic N) is 1. The van der Waals surface area contributed by atoms with Crippen molar-refractivity contribution in [3.63, 3.8) is 0 Å². The molecule has 6 atom stereocenters. The summed E-state index contributed by atoms with van der Waals surface area (Å²) in [6.07, 6.45) is -4.43. The minimum Gasteiger partial charge on any atom is -0.444 e. The summed E-state index contributed by atoms with van der Waals surface area (Å²) in [5, 5.41) is 0. The van der Waals surface area contributed by atoms with Crippen LogP contribution in [0.4, 0.5) is 4.79 Å². The topological polar surface area (TPSA) is 111 Å². The van der Waals surface area contributed by atoms with Crippen LogP contribution in [0.15, 0.2) is 121 Å². The largest absolute Gasteiger partial charge is 0.444 e. The first-order valence-corrected chi connectivity index (χ1v) is 20.0. The van der Waals surface area contributed by atoms with E-state index >= 15 is 0 Å². The van der Waals surface area contributed by atoms with Crippen LogP contribution in [-0.4, -0.2) is 77.7 Å². The second kappa shape index (κ2) is 19.8. The zero-order valence-corrected chi connectivity index (χ0v) is 34.7. The first kappa shape index (κ1) is 43.5. The molecule has 2 saturated heterocycles. The van der Waals surface area contributed by atoms with Gasteiger partial charge in [0.1, 0.15) is 35.7 Å². The smallest absolute Gasteiger partial charge is 0.413 e. The standard InChI is InChI=1S/C48H55NO10/c1-35(50)57-48(28-27-40-33-56-47(5,6)49(40)45(51)59-46(2,3)4)44(55-32-39-25-17-10-18-26-39)43(54-31-38-23-15-9-16-24-38)42(53-30-37-21-13-8-14-22-37)41(58-48)34-52-29-36-19-11-7-12-20-36/h7-26,40-44H,29-34H2,1-6H3/t40-,41+,42+,43-,44+,48+/m0/s1. The van der Waals surface area contributed by atoms with Gasteiger partial charge in [0.15, 0.2) is 6.10 Å². The molecule has 0 aliphatic carbocycles. The number of hydrogen-bond acceptors (Lipinski definition) is 10. The fraction of sp³-hybridized carbons (Fsp3) is 0.417. The van der Waals surface area contributed by atoms with Crippen molar-refractivity contribution in [2.45, 2.75) is 116 Å². The Kier molecular flexibility index (Phi) is 14.6.